The zero-order chi connectivity index (χ0) is 12.6. The van der Waals surface area contributed by atoms with Gasteiger partial charge in [0.05, 0.1) is 23.7 Å². The van der Waals surface area contributed by atoms with Crippen molar-refractivity contribution in [3.05, 3.63) is 33.6 Å². The van der Waals surface area contributed by atoms with E-state index in [9.17, 15) is 4.79 Å². The number of hydrogen-bond acceptors (Lipinski definition) is 4. The molecule has 0 amide bonds. The van der Waals surface area contributed by atoms with Crippen LogP contribution in [0.4, 0.5) is 0 Å². The zero-order valence-electron chi connectivity index (χ0n) is 9.12. The van der Waals surface area contributed by atoms with Gasteiger partial charge in [-0.15, -0.1) is 0 Å². The molecular weight excluding hydrogens is 263 g/mol. The topological polar surface area (TPSA) is 52.1 Å². The van der Waals surface area contributed by atoms with Gasteiger partial charge in [0, 0.05) is 0 Å². The highest BCUT2D eigenvalue weighted by atomic mass is 35.5. The fourth-order valence-corrected chi connectivity index (χ4v) is 1.76. The number of fused-ring (bicyclic) bond motifs is 1. The summed E-state index contributed by atoms with van der Waals surface area (Å²) in [5.74, 6) is -0.419. The Morgan fingerprint density at radius 1 is 1.18 bits per heavy atom. The minimum atomic E-state index is -0.419. The van der Waals surface area contributed by atoms with E-state index in [1.54, 1.807) is 19.1 Å². The summed E-state index contributed by atoms with van der Waals surface area (Å²) < 4.78 is 4.67. The molecule has 0 fully saturated rings. The predicted octanol–water partition coefficient (Wildman–Crippen LogP) is 3.03. The first-order valence-corrected chi connectivity index (χ1v) is 5.50. The molecule has 0 aliphatic heterocycles. The molecule has 4 nitrogen and oxygen atoms in total. The van der Waals surface area contributed by atoms with Crippen LogP contribution >= 0.6 is 23.2 Å². The normalized spacial score (nSPS) is 10.6. The van der Waals surface area contributed by atoms with Crippen LogP contribution < -0.4 is 0 Å². The van der Waals surface area contributed by atoms with Crippen LogP contribution in [0.5, 0.6) is 0 Å². The molecule has 0 aliphatic rings. The van der Waals surface area contributed by atoms with Crippen molar-refractivity contribution in [2.75, 3.05) is 7.11 Å². The average Bonchev–Trinajstić information content (AvgIpc) is 2.30. The Morgan fingerprint density at radius 2 is 1.71 bits per heavy atom. The molecule has 1 aromatic heterocycles. The Bertz CT molecular complexity index is 614. The maximum absolute atomic E-state index is 11.5. The molecule has 17 heavy (non-hydrogen) atoms. The Hall–Kier alpha value is -1.39. The average molecular weight is 271 g/mol. The lowest BCUT2D eigenvalue weighted by molar-refractivity contribution is 0.0600. The molecule has 1 aromatic carbocycles. The van der Waals surface area contributed by atoms with E-state index < -0.39 is 5.97 Å². The number of rotatable bonds is 1. The molecule has 0 aliphatic carbocycles. The van der Waals surface area contributed by atoms with Crippen molar-refractivity contribution in [3.8, 4) is 0 Å². The van der Waals surface area contributed by atoms with Crippen LogP contribution in [0.2, 0.25) is 10.3 Å². The molecule has 0 N–H and O–H groups in total. The van der Waals surface area contributed by atoms with E-state index >= 15 is 0 Å². The van der Waals surface area contributed by atoms with Gasteiger partial charge in [-0.05, 0) is 24.6 Å². The number of benzene rings is 1. The maximum Gasteiger partial charge on any atom is 0.338 e. The van der Waals surface area contributed by atoms with Gasteiger partial charge in [-0.3, -0.25) is 0 Å². The number of ether oxygens (including phenoxy) is 1. The van der Waals surface area contributed by atoms with Gasteiger partial charge in [-0.1, -0.05) is 23.2 Å². The van der Waals surface area contributed by atoms with E-state index in [0.717, 1.165) is 5.56 Å². The number of esters is 1. The lowest BCUT2D eigenvalue weighted by Crippen LogP contribution is -2.04. The number of nitrogens with zero attached hydrogens (tertiary/aromatic N) is 2. The molecule has 0 unspecified atom stereocenters. The van der Waals surface area contributed by atoms with Gasteiger partial charge in [0.15, 0.2) is 10.3 Å². The first kappa shape index (κ1) is 12.1. The number of hydrogen-bond donors (Lipinski definition) is 0. The van der Waals surface area contributed by atoms with Crippen LogP contribution in [-0.2, 0) is 4.74 Å². The third kappa shape index (κ3) is 2.18. The molecule has 2 rings (SSSR count). The fourth-order valence-electron chi connectivity index (χ4n) is 1.49. The van der Waals surface area contributed by atoms with Gasteiger partial charge in [-0.2, -0.15) is 0 Å². The monoisotopic (exact) mass is 270 g/mol. The van der Waals surface area contributed by atoms with Crippen molar-refractivity contribution >= 4 is 40.2 Å². The summed E-state index contributed by atoms with van der Waals surface area (Å²) in [6.07, 6.45) is 0. The second-order valence-electron chi connectivity index (χ2n) is 3.45. The molecule has 0 atom stereocenters. The van der Waals surface area contributed by atoms with Crippen LogP contribution in [0, 0.1) is 6.92 Å². The smallest absolute Gasteiger partial charge is 0.338 e. The van der Waals surface area contributed by atoms with Gasteiger partial charge >= 0.3 is 5.97 Å². The van der Waals surface area contributed by atoms with Crippen molar-refractivity contribution in [3.63, 3.8) is 0 Å². The molecule has 1 heterocycles. The molecule has 2 aromatic rings. The van der Waals surface area contributed by atoms with Crippen LogP contribution in [0.1, 0.15) is 15.9 Å². The molecule has 6 heteroatoms. The van der Waals surface area contributed by atoms with Crippen LogP contribution in [0.3, 0.4) is 0 Å². The van der Waals surface area contributed by atoms with Crippen LogP contribution in [0.25, 0.3) is 11.0 Å². The summed E-state index contributed by atoms with van der Waals surface area (Å²) in [4.78, 5) is 19.6. The number of carbonyl (C=O) groups is 1. The Morgan fingerprint density at radius 3 is 2.24 bits per heavy atom. The third-order valence-electron chi connectivity index (χ3n) is 2.33. The maximum atomic E-state index is 11.5. The Labute approximate surface area is 108 Å². The number of methoxy groups -OCH3 is 1. The Balaban J connectivity index is 2.71. The SMILES string of the molecule is COC(=O)c1cc2nc(Cl)c(Cl)nc2cc1C. The quantitative estimate of drug-likeness (QED) is 0.748. The van der Waals surface area contributed by atoms with Crippen LogP contribution in [-0.4, -0.2) is 23.0 Å². The van der Waals surface area contributed by atoms with Gasteiger partial charge < -0.3 is 4.74 Å². The number of carbonyl (C=O) groups excluding carboxylic acids is 1. The molecule has 0 saturated heterocycles. The molecule has 0 spiro atoms. The Kier molecular flexibility index (Phi) is 3.17. The molecule has 0 bridgehead atoms. The molecular formula is C11H8Cl2N2O2. The van der Waals surface area contributed by atoms with Crippen molar-refractivity contribution < 1.29 is 9.53 Å². The highest BCUT2D eigenvalue weighted by Crippen LogP contribution is 2.23. The van der Waals surface area contributed by atoms with E-state index in [1.807, 2.05) is 0 Å². The summed E-state index contributed by atoms with van der Waals surface area (Å²) in [5, 5.41) is 0.253. The predicted molar refractivity (Wildman–Crippen MR) is 65.6 cm³/mol. The minimum absolute atomic E-state index is 0.110. The van der Waals surface area contributed by atoms with Gasteiger partial charge in [0.25, 0.3) is 0 Å². The number of aryl methyl sites for hydroxylation is 1. The fraction of sp³-hybridized carbons (Fsp3) is 0.182. The van der Waals surface area contributed by atoms with E-state index in [4.69, 9.17) is 23.2 Å². The first-order valence-electron chi connectivity index (χ1n) is 4.74. The van der Waals surface area contributed by atoms with Gasteiger partial charge in [0.2, 0.25) is 0 Å². The molecule has 0 radical (unpaired) electrons. The number of aromatic nitrogens is 2. The summed E-state index contributed by atoms with van der Waals surface area (Å²) in [6.45, 7) is 1.79. The van der Waals surface area contributed by atoms with E-state index in [0.29, 0.717) is 16.6 Å². The van der Waals surface area contributed by atoms with Crippen molar-refractivity contribution in [2.24, 2.45) is 0 Å². The number of halogens is 2. The highest BCUT2D eigenvalue weighted by Gasteiger charge is 2.13. The second-order valence-corrected chi connectivity index (χ2v) is 4.17. The second kappa shape index (κ2) is 4.47. The van der Waals surface area contributed by atoms with Crippen LogP contribution in [0.15, 0.2) is 12.1 Å². The lowest BCUT2D eigenvalue weighted by atomic mass is 10.1. The molecule has 0 saturated carbocycles. The highest BCUT2D eigenvalue weighted by molar-refractivity contribution is 6.40. The minimum Gasteiger partial charge on any atom is -0.465 e. The van der Waals surface area contributed by atoms with Gasteiger partial charge in [-0.25, -0.2) is 14.8 Å². The summed E-state index contributed by atoms with van der Waals surface area (Å²) in [7, 11) is 1.33. The van der Waals surface area contributed by atoms with Gasteiger partial charge in [0.1, 0.15) is 0 Å². The van der Waals surface area contributed by atoms with E-state index in [1.165, 1.54) is 7.11 Å². The zero-order valence-corrected chi connectivity index (χ0v) is 10.6. The van der Waals surface area contributed by atoms with Crippen molar-refractivity contribution in [1.82, 2.24) is 9.97 Å². The summed E-state index contributed by atoms with van der Waals surface area (Å²) in [5.41, 5.74) is 2.28. The van der Waals surface area contributed by atoms with E-state index in [2.05, 4.69) is 14.7 Å². The third-order valence-corrected chi connectivity index (χ3v) is 2.96. The lowest BCUT2D eigenvalue weighted by Gasteiger charge is -2.06. The molecule has 88 valence electrons. The van der Waals surface area contributed by atoms with Crippen molar-refractivity contribution in [1.29, 1.82) is 0 Å². The van der Waals surface area contributed by atoms with Crippen molar-refractivity contribution in [2.45, 2.75) is 6.92 Å². The first-order chi connectivity index (χ1) is 8.02. The summed E-state index contributed by atoms with van der Waals surface area (Å²) >= 11 is 11.5. The standard InChI is InChI=1S/C11H8Cl2N2O2/c1-5-3-7-8(4-6(5)11(16)17-2)15-10(13)9(12)14-7/h3-4H,1-2H3. The summed E-state index contributed by atoms with van der Waals surface area (Å²) in [6, 6.07) is 3.31. The van der Waals surface area contributed by atoms with E-state index in [-0.39, 0.29) is 10.3 Å². The largest absolute Gasteiger partial charge is 0.465 e.